The summed E-state index contributed by atoms with van der Waals surface area (Å²) in [6.45, 7) is 7.37. The average molecular weight is 453 g/mol. The maximum absolute atomic E-state index is 13.3. The monoisotopic (exact) mass is 452 g/mol. The second kappa shape index (κ2) is 13.1. The number of hydrogen-bond acceptors (Lipinski definition) is 3. The van der Waals surface area contributed by atoms with E-state index in [1.165, 1.54) is 38.5 Å². The second-order valence-electron chi connectivity index (χ2n) is 9.76. The molecule has 3 saturated carbocycles. The molecule has 0 saturated heterocycles. The molecule has 4 rings (SSSR count). The highest BCUT2D eigenvalue weighted by atomic mass is 16.4. The average Bonchev–Trinajstić information content (AvgIpc) is 3.13. The number of terminal acetylenes is 3. The molecule has 0 aromatic heterocycles. The van der Waals surface area contributed by atoms with E-state index < -0.39 is 5.97 Å². The van der Waals surface area contributed by atoms with Gasteiger partial charge in [0.25, 0.3) is 5.97 Å². The summed E-state index contributed by atoms with van der Waals surface area (Å²) in [4.78, 5) is 34.4. The maximum atomic E-state index is 13.3. The molecule has 4 aliphatic carbocycles. The Kier molecular flexibility index (Phi) is 12.0. The fourth-order valence-corrected chi connectivity index (χ4v) is 7.23. The fraction of sp³-hybridized carbons (Fsp3) is 0.621. The minimum absolute atomic E-state index is 0.179. The van der Waals surface area contributed by atoms with Crippen LogP contribution in [0.25, 0.3) is 0 Å². The molecule has 3 fully saturated rings. The molecule has 3 unspecified atom stereocenters. The fourth-order valence-electron chi connectivity index (χ4n) is 7.23. The van der Waals surface area contributed by atoms with Crippen LogP contribution in [0.3, 0.4) is 0 Å². The molecule has 0 radical (unpaired) electrons. The van der Waals surface area contributed by atoms with Crippen molar-refractivity contribution in [2.24, 2.45) is 34.5 Å². The van der Waals surface area contributed by atoms with Gasteiger partial charge in [0.15, 0.2) is 5.78 Å². The molecule has 1 N–H and O–H groups in total. The van der Waals surface area contributed by atoms with Crippen LogP contribution in [0.1, 0.15) is 79.1 Å². The van der Waals surface area contributed by atoms with Gasteiger partial charge in [-0.15, -0.1) is 38.5 Å². The van der Waals surface area contributed by atoms with Crippen LogP contribution in [-0.4, -0.2) is 22.6 Å². The van der Waals surface area contributed by atoms with Crippen molar-refractivity contribution < 1.29 is 19.5 Å². The van der Waals surface area contributed by atoms with E-state index in [1.54, 1.807) is 6.92 Å². The van der Waals surface area contributed by atoms with Crippen LogP contribution in [0.5, 0.6) is 0 Å². The van der Waals surface area contributed by atoms with E-state index in [9.17, 15) is 9.59 Å². The Morgan fingerprint density at radius 1 is 0.970 bits per heavy atom. The van der Waals surface area contributed by atoms with Gasteiger partial charge in [0.1, 0.15) is 5.78 Å². The molecule has 33 heavy (non-hydrogen) atoms. The number of allylic oxidation sites excluding steroid dienone is 2. The van der Waals surface area contributed by atoms with E-state index in [-0.39, 0.29) is 22.5 Å². The summed E-state index contributed by atoms with van der Waals surface area (Å²) in [6, 6.07) is 0. The summed E-state index contributed by atoms with van der Waals surface area (Å²) in [5.41, 5.74) is 1.01. The van der Waals surface area contributed by atoms with Crippen molar-refractivity contribution in [2.75, 3.05) is 0 Å². The van der Waals surface area contributed by atoms with Crippen LogP contribution in [0.4, 0.5) is 0 Å². The number of carbonyl (C=O) groups excluding carboxylic acids is 2. The Morgan fingerprint density at radius 3 is 2.03 bits per heavy atom. The highest BCUT2D eigenvalue weighted by molar-refractivity contribution is 5.97. The number of fused-ring (bicyclic) bond motifs is 5. The van der Waals surface area contributed by atoms with Gasteiger partial charge >= 0.3 is 0 Å². The highest BCUT2D eigenvalue weighted by Crippen LogP contribution is 2.65. The Labute approximate surface area is 201 Å². The minimum atomic E-state index is -0.833. The topological polar surface area (TPSA) is 71.4 Å². The Morgan fingerprint density at radius 2 is 1.52 bits per heavy atom. The van der Waals surface area contributed by atoms with Crippen LogP contribution in [0, 0.1) is 73.0 Å². The summed E-state index contributed by atoms with van der Waals surface area (Å²) in [5.74, 6) is 1.86. The maximum Gasteiger partial charge on any atom is 0.300 e. The smallest absolute Gasteiger partial charge is 0.300 e. The second-order valence-corrected chi connectivity index (χ2v) is 9.76. The summed E-state index contributed by atoms with van der Waals surface area (Å²) in [7, 11) is 0. The van der Waals surface area contributed by atoms with Crippen molar-refractivity contribution in [3.63, 3.8) is 0 Å². The molecule has 180 valence electrons. The molecular formula is C29H40O4. The van der Waals surface area contributed by atoms with Crippen LogP contribution < -0.4 is 0 Å². The third-order valence-corrected chi connectivity index (χ3v) is 8.23. The Balaban J connectivity index is 0.000000896. The molecule has 0 aromatic carbocycles. The van der Waals surface area contributed by atoms with Crippen molar-refractivity contribution in [2.45, 2.75) is 79.1 Å². The number of Topliss-reactive ketones (excluding diaryl/α,β-unsaturated/α-hetero) is 2. The first kappa shape index (κ1) is 30.2. The summed E-state index contributed by atoms with van der Waals surface area (Å²) >= 11 is 0. The standard InChI is InChI=1S/C21H30O2.C2H4O2.3C2H2/c1-13(22)16-9-10-17-15-8-7-14-6-4-5-11-20(14,2)19(15)18(23)12-21(16,17)3;1-2(3)4;3*1-2/h9,14-15,17,19H,4-8,10-12H2,1-3H3;1H3,(H,3,4);3*1-2H/t14?,15-,17?,19?,20-,21+;;;;/m0..../s1. The van der Waals surface area contributed by atoms with Gasteiger partial charge in [-0.05, 0) is 67.8 Å². The number of aliphatic carboxylic acids is 1. The predicted octanol–water partition coefficient (Wildman–Crippen LogP) is 5.56. The zero-order valence-electron chi connectivity index (χ0n) is 20.7. The third kappa shape index (κ3) is 5.97. The van der Waals surface area contributed by atoms with Crippen LogP contribution >= 0.6 is 0 Å². The molecular weight excluding hydrogens is 412 g/mol. The zero-order chi connectivity index (χ0) is 26.0. The van der Waals surface area contributed by atoms with Crippen LogP contribution in [0.15, 0.2) is 11.6 Å². The van der Waals surface area contributed by atoms with E-state index in [2.05, 4.69) is 58.5 Å². The lowest BCUT2D eigenvalue weighted by Crippen LogP contribution is -2.56. The quantitative estimate of drug-likeness (QED) is 0.529. The first-order valence-electron chi connectivity index (χ1n) is 11.5. The van der Waals surface area contributed by atoms with Gasteiger partial charge in [-0.3, -0.25) is 14.4 Å². The van der Waals surface area contributed by atoms with Crippen molar-refractivity contribution in [3.05, 3.63) is 11.6 Å². The van der Waals surface area contributed by atoms with Gasteiger partial charge in [-0.1, -0.05) is 32.8 Å². The molecule has 0 aromatic rings. The summed E-state index contributed by atoms with van der Waals surface area (Å²) < 4.78 is 0. The van der Waals surface area contributed by atoms with Gasteiger partial charge < -0.3 is 5.11 Å². The van der Waals surface area contributed by atoms with E-state index >= 15 is 0 Å². The Hall–Kier alpha value is -2.77. The normalized spacial score (nSPS) is 35.1. The van der Waals surface area contributed by atoms with E-state index in [1.807, 2.05) is 0 Å². The van der Waals surface area contributed by atoms with Gasteiger partial charge in [0.05, 0.1) is 0 Å². The van der Waals surface area contributed by atoms with Gasteiger partial charge in [0, 0.05) is 24.7 Å². The van der Waals surface area contributed by atoms with Gasteiger partial charge in [-0.2, -0.15) is 0 Å². The molecule has 0 heterocycles. The lowest BCUT2D eigenvalue weighted by Gasteiger charge is -2.59. The minimum Gasteiger partial charge on any atom is -0.481 e. The molecule has 0 spiro atoms. The largest absolute Gasteiger partial charge is 0.481 e. The molecule has 0 bridgehead atoms. The first-order chi connectivity index (χ1) is 15.6. The van der Waals surface area contributed by atoms with E-state index in [4.69, 9.17) is 9.90 Å². The lowest BCUT2D eigenvalue weighted by molar-refractivity contribution is -0.154. The van der Waals surface area contributed by atoms with Crippen LogP contribution in [-0.2, 0) is 14.4 Å². The first-order valence-corrected chi connectivity index (χ1v) is 11.5. The third-order valence-electron chi connectivity index (χ3n) is 8.23. The number of carbonyl (C=O) groups is 3. The lowest BCUT2D eigenvalue weighted by atomic mass is 9.44. The molecule has 4 nitrogen and oxygen atoms in total. The predicted molar refractivity (Wildman–Crippen MR) is 134 cm³/mol. The van der Waals surface area contributed by atoms with Crippen molar-refractivity contribution in [3.8, 4) is 38.5 Å². The molecule has 4 heteroatoms. The molecule has 0 amide bonds. The van der Waals surface area contributed by atoms with E-state index in [0.29, 0.717) is 24.0 Å². The summed E-state index contributed by atoms with van der Waals surface area (Å²) in [6.07, 6.45) is 35.5. The van der Waals surface area contributed by atoms with Gasteiger partial charge in [-0.25, -0.2) is 0 Å². The van der Waals surface area contributed by atoms with Gasteiger partial charge in [0.2, 0.25) is 0 Å². The highest BCUT2D eigenvalue weighted by Gasteiger charge is 2.61. The summed E-state index contributed by atoms with van der Waals surface area (Å²) in [5, 5.41) is 7.42. The number of hydrogen-bond donors (Lipinski definition) is 1. The van der Waals surface area contributed by atoms with Crippen LogP contribution in [0.2, 0.25) is 0 Å². The number of carboxylic acids is 1. The molecule has 6 atom stereocenters. The van der Waals surface area contributed by atoms with E-state index in [0.717, 1.165) is 24.8 Å². The van der Waals surface area contributed by atoms with Crippen molar-refractivity contribution in [1.29, 1.82) is 0 Å². The molecule has 4 aliphatic rings. The van der Waals surface area contributed by atoms with Crippen molar-refractivity contribution >= 4 is 17.5 Å². The number of ketones is 2. The van der Waals surface area contributed by atoms with Crippen molar-refractivity contribution in [1.82, 2.24) is 0 Å². The number of rotatable bonds is 1. The molecule has 0 aliphatic heterocycles. The SMILES string of the molecule is C#C.C#C.C#C.CC(=O)C1=CCC2[C@@H]3CCC4CCCC[C@]4(C)C3C(=O)C[C@]12C.CC(=O)O. The number of carboxylic acid groups (broad SMARTS) is 1. The Bertz CT molecular complexity index is 780. The zero-order valence-corrected chi connectivity index (χ0v) is 20.7.